The Morgan fingerprint density at radius 1 is 0.473 bits per heavy atom. The third-order valence-electron chi connectivity index (χ3n) is 16.9. The van der Waals surface area contributed by atoms with Gasteiger partial charge in [-0.25, -0.2) is 4.79 Å². The van der Waals surface area contributed by atoms with Gasteiger partial charge in [-0.3, -0.25) is 52.7 Å². The topological polar surface area (TPSA) is 325 Å². The van der Waals surface area contributed by atoms with Crippen molar-refractivity contribution in [1.82, 2.24) is 55.6 Å². The minimum absolute atomic E-state index is 0.0199. The van der Waals surface area contributed by atoms with Gasteiger partial charge in [0.2, 0.25) is 65.0 Å². The van der Waals surface area contributed by atoms with Crippen molar-refractivity contribution in [1.29, 1.82) is 0 Å². The molecule has 1 aliphatic heterocycles. The Hall–Kier alpha value is -6.70. The lowest BCUT2D eigenvalue weighted by Crippen LogP contribution is -2.64. The molecule has 1 saturated heterocycles. The number of amides is 11. The van der Waals surface area contributed by atoms with Crippen molar-refractivity contribution in [3.8, 4) is 0 Å². The maximum Gasteiger partial charge on any atom is 0.329 e. The van der Waals surface area contributed by atoms with E-state index in [2.05, 4.69) is 21.3 Å². The van der Waals surface area contributed by atoms with E-state index in [1.165, 1.54) is 82.8 Å². The summed E-state index contributed by atoms with van der Waals surface area (Å²) in [6, 6.07) is -14.8. The van der Waals surface area contributed by atoms with Gasteiger partial charge >= 0.3 is 5.97 Å². The summed E-state index contributed by atoms with van der Waals surface area (Å²) < 4.78 is 5.47. The molecule has 0 unspecified atom stereocenters. The van der Waals surface area contributed by atoms with Crippen LogP contribution < -0.4 is 21.3 Å². The molecule has 11 amide bonds. The second-order valence-corrected chi connectivity index (χ2v) is 27.2. The van der Waals surface area contributed by atoms with Crippen LogP contribution >= 0.6 is 0 Å². The van der Waals surface area contributed by atoms with Crippen LogP contribution in [0, 0.1) is 41.4 Å². The molecule has 0 radical (unpaired) electrons. The van der Waals surface area contributed by atoms with Gasteiger partial charge in [0.15, 0.2) is 0 Å². The molecule has 6 N–H and O–H groups in total. The molecule has 26 heteroatoms. The van der Waals surface area contributed by atoms with Gasteiger partial charge in [-0.15, -0.1) is 0 Å². The molecule has 26 nitrogen and oxygen atoms in total. The van der Waals surface area contributed by atoms with Gasteiger partial charge in [0.1, 0.15) is 73.1 Å². The summed E-state index contributed by atoms with van der Waals surface area (Å²) in [7, 11) is 9.52. The fraction of sp³-hybridized carbons (Fsp3) is 0.785. The van der Waals surface area contributed by atoms with Gasteiger partial charge in [-0.05, 0) is 101 Å². The molecule has 0 aromatic heterocycles. The maximum atomic E-state index is 15.3. The number of hydrogen-bond acceptors (Lipinski definition) is 14. The van der Waals surface area contributed by atoms with E-state index in [0.29, 0.717) is 0 Å². The number of aliphatic hydroxyl groups is 1. The van der Waals surface area contributed by atoms with Crippen LogP contribution in [0.3, 0.4) is 0 Å². The van der Waals surface area contributed by atoms with Gasteiger partial charge in [0.25, 0.3) is 0 Å². The predicted octanol–water partition coefficient (Wildman–Crippen LogP) is 2.74. The van der Waals surface area contributed by atoms with Gasteiger partial charge in [-0.1, -0.05) is 109 Å². The van der Waals surface area contributed by atoms with E-state index >= 15 is 24.0 Å². The van der Waals surface area contributed by atoms with E-state index in [0.717, 1.165) is 14.7 Å². The van der Waals surface area contributed by atoms with Crippen molar-refractivity contribution in [2.24, 2.45) is 41.4 Å². The van der Waals surface area contributed by atoms with Crippen LogP contribution in [0.4, 0.5) is 0 Å². The number of nitrogens with one attached hydrogen (secondary N) is 4. The van der Waals surface area contributed by atoms with Gasteiger partial charge in [0, 0.05) is 49.3 Å². The molecule has 0 saturated carbocycles. The normalized spacial score (nSPS) is 26.7. The number of likely N-dealkylation sites (N-methyl/N-ethyl adjacent to an activating group) is 7. The van der Waals surface area contributed by atoms with Crippen molar-refractivity contribution in [3.63, 3.8) is 0 Å². The summed E-state index contributed by atoms with van der Waals surface area (Å²) >= 11 is 0. The van der Waals surface area contributed by atoms with E-state index in [4.69, 9.17) is 4.74 Å². The summed E-state index contributed by atoms with van der Waals surface area (Å²) in [6.07, 6.45) is 2.45. The first-order valence-corrected chi connectivity index (χ1v) is 32.2. The maximum absolute atomic E-state index is 15.3. The lowest BCUT2D eigenvalue weighted by atomic mass is 9.91. The number of carbonyl (C=O) groups is 12. The van der Waals surface area contributed by atoms with Crippen molar-refractivity contribution < 1.29 is 72.5 Å². The van der Waals surface area contributed by atoms with Crippen LogP contribution in [0.2, 0.25) is 0 Å². The van der Waals surface area contributed by atoms with Crippen LogP contribution in [-0.2, 0) is 62.3 Å². The third kappa shape index (κ3) is 23.4. The standard InChI is InChI=1S/C65H115N11O15/c1-25-27-28-41(15)54(79)53-58(83)68-44(26-2)60(85)74(22)49(33-91-34-50(77)78)63(88)70(18)46(30-36(5)6)57(82)69-51(39(11)12)64(89)71(19)45(29-35(3)4)56(81)66-42(16)55(80)67-43(17)59(84)72(20)47(31-37(7)8)61(86)73(21)48(32-38(9)10)62(87)75(23)52(40(13)14)65(90)76(53)24/h25,27,35-49,51-54,79H,26,28-34H2,1-24H3,(H,66,81)(H,67,80)(H,68,83)(H,69,82)(H,77,78)/b27-25+/t41-,42+,43+,44+,45+,46+,47+,48+,49-,51+,52+,53+,54-/m1/s1. The monoisotopic (exact) mass is 1290 g/mol. The molecule has 1 rings (SSSR count). The van der Waals surface area contributed by atoms with Gasteiger partial charge in [-0.2, -0.15) is 0 Å². The molecule has 0 aromatic carbocycles. The Kier molecular flexibility index (Phi) is 34.1. The molecule has 520 valence electrons. The molecular weight excluding hydrogens is 1170 g/mol. The first-order valence-electron chi connectivity index (χ1n) is 32.2. The largest absolute Gasteiger partial charge is 0.480 e. The molecule has 91 heavy (non-hydrogen) atoms. The number of nitrogens with zero attached hydrogens (tertiary/aromatic N) is 7. The second kappa shape index (κ2) is 37.7. The Morgan fingerprint density at radius 2 is 0.868 bits per heavy atom. The Balaban J connectivity index is 4.52. The van der Waals surface area contributed by atoms with E-state index in [1.54, 1.807) is 74.5 Å². The number of rotatable bonds is 19. The SMILES string of the molecule is C/C=C/C[C@@H](C)[C@@H](O)[C@H]1C(=O)N[C@@H](CC)C(=O)N(C)[C@H](COCC(=O)O)C(=O)N(C)[C@@H](CC(C)C)C(=O)N[C@@H](C(C)C)C(=O)N(C)[C@@H](CC(C)C)C(=O)N[C@@H](C)C(=O)N[C@@H](C)C(=O)N(C)[C@@H](CC(C)C)C(=O)N(C)[C@@H](CC(C)C)C(=O)N(C)[C@@H](C(C)C)C(=O)N1C. The zero-order valence-corrected chi connectivity index (χ0v) is 59.1. The molecular formula is C65H115N11O15. The summed E-state index contributed by atoms with van der Waals surface area (Å²) in [4.78, 5) is 182. The van der Waals surface area contributed by atoms with Crippen molar-refractivity contribution in [2.75, 3.05) is 62.5 Å². The Bertz CT molecular complexity index is 2520. The average molecular weight is 1290 g/mol. The van der Waals surface area contributed by atoms with Crippen LogP contribution in [0.15, 0.2) is 12.2 Å². The third-order valence-corrected chi connectivity index (χ3v) is 16.9. The Morgan fingerprint density at radius 3 is 1.31 bits per heavy atom. The minimum Gasteiger partial charge on any atom is -0.480 e. The highest BCUT2D eigenvalue weighted by molar-refractivity contribution is 6.00. The highest BCUT2D eigenvalue weighted by Crippen LogP contribution is 2.26. The predicted molar refractivity (Wildman–Crippen MR) is 346 cm³/mol. The number of carbonyl (C=O) groups excluding carboxylic acids is 11. The van der Waals surface area contributed by atoms with Gasteiger partial charge < -0.3 is 70.5 Å². The zero-order valence-electron chi connectivity index (χ0n) is 59.1. The molecule has 1 fully saturated rings. The zero-order chi connectivity index (χ0) is 70.5. The van der Waals surface area contributed by atoms with Crippen molar-refractivity contribution in [2.45, 2.75) is 229 Å². The van der Waals surface area contributed by atoms with E-state index in [1.807, 2.05) is 41.5 Å². The number of allylic oxidation sites excluding steroid dienone is 2. The van der Waals surface area contributed by atoms with Crippen LogP contribution in [0.1, 0.15) is 156 Å². The lowest BCUT2D eigenvalue weighted by Gasteiger charge is -2.41. The Labute approximate surface area is 542 Å². The molecule has 1 heterocycles. The van der Waals surface area contributed by atoms with Crippen LogP contribution in [0.25, 0.3) is 0 Å². The number of carboxylic acids is 1. The van der Waals surface area contributed by atoms with Crippen molar-refractivity contribution >= 4 is 70.9 Å². The molecule has 0 spiro atoms. The van der Waals surface area contributed by atoms with E-state index < -0.39 is 174 Å². The van der Waals surface area contributed by atoms with Crippen molar-refractivity contribution in [3.05, 3.63) is 12.2 Å². The number of ether oxygens (including phenoxy) is 1. The van der Waals surface area contributed by atoms with Gasteiger partial charge in [0.05, 0.1) is 12.7 Å². The summed E-state index contributed by atoms with van der Waals surface area (Å²) in [5.41, 5.74) is 0. The first kappa shape index (κ1) is 82.3. The summed E-state index contributed by atoms with van der Waals surface area (Å²) in [5, 5.41) is 32.7. The number of carboxylic acid groups (broad SMARTS) is 1. The number of hydrogen-bond donors (Lipinski definition) is 6. The molecule has 0 aliphatic carbocycles. The van der Waals surface area contributed by atoms with E-state index in [9.17, 15) is 43.8 Å². The quantitative estimate of drug-likeness (QED) is 0.101. The highest BCUT2D eigenvalue weighted by Gasteiger charge is 2.46. The smallest absolute Gasteiger partial charge is 0.329 e. The molecule has 1 aliphatic rings. The molecule has 0 aromatic rings. The van der Waals surface area contributed by atoms with Crippen LogP contribution in [0.5, 0.6) is 0 Å². The summed E-state index contributed by atoms with van der Waals surface area (Å²) in [6.45, 7) is 27.7. The minimum atomic E-state index is -1.71. The second-order valence-electron chi connectivity index (χ2n) is 27.2. The highest BCUT2D eigenvalue weighted by atomic mass is 16.5. The molecule has 0 bridgehead atoms. The fourth-order valence-electron chi connectivity index (χ4n) is 11.2. The average Bonchev–Trinajstić information content (AvgIpc) is 0.906. The first-order chi connectivity index (χ1) is 42.0. The lowest BCUT2D eigenvalue weighted by molar-refractivity contribution is -0.158. The molecule has 13 atom stereocenters. The fourth-order valence-corrected chi connectivity index (χ4v) is 11.2. The summed E-state index contributed by atoms with van der Waals surface area (Å²) in [5.74, 6) is -12.5. The number of aliphatic carboxylic acids is 1. The number of aliphatic hydroxyl groups excluding tert-OH is 1. The van der Waals surface area contributed by atoms with Crippen LogP contribution in [-0.4, -0.2) is 251 Å². The van der Waals surface area contributed by atoms with E-state index in [-0.39, 0.29) is 62.2 Å².